The summed E-state index contributed by atoms with van der Waals surface area (Å²) >= 11 is 0. The van der Waals surface area contributed by atoms with Gasteiger partial charge in [-0.25, -0.2) is 4.39 Å². The van der Waals surface area contributed by atoms with E-state index in [2.05, 4.69) is 23.7 Å². The Labute approximate surface area is 128 Å². The Hall–Kier alpha value is -1.13. The zero-order valence-corrected chi connectivity index (χ0v) is 13.4. The molecule has 0 amide bonds. The van der Waals surface area contributed by atoms with Crippen molar-refractivity contribution in [2.75, 3.05) is 39.3 Å². The summed E-state index contributed by atoms with van der Waals surface area (Å²) in [6.45, 7) is 12.0. The third-order valence-electron chi connectivity index (χ3n) is 3.87. The van der Waals surface area contributed by atoms with E-state index in [0.29, 0.717) is 32.5 Å². The fraction of sp³-hybridized carbons (Fsp3) is 0.647. The van der Waals surface area contributed by atoms with Gasteiger partial charge in [-0.2, -0.15) is 0 Å². The minimum absolute atomic E-state index is 0.418. The Morgan fingerprint density at radius 3 is 2.71 bits per heavy atom. The number of hydrogen-bond acceptors (Lipinski definition) is 3. The van der Waals surface area contributed by atoms with Crippen molar-refractivity contribution in [2.45, 2.75) is 32.4 Å². The Bertz CT molecular complexity index is 358. The first-order chi connectivity index (χ1) is 10.1. The molecule has 0 unspecified atom stereocenters. The SMILES string of the molecule is C=C/C=C\C(=C/C)OCCNCC1(F)CCN(CC)CC1. The van der Waals surface area contributed by atoms with Crippen molar-refractivity contribution in [1.82, 2.24) is 10.2 Å². The topological polar surface area (TPSA) is 24.5 Å². The molecule has 1 aliphatic rings. The molecule has 0 aliphatic carbocycles. The molecule has 3 nitrogen and oxygen atoms in total. The predicted molar refractivity (Wildman–Crippen MR) is 87.1 cm³/mol. The highest BCUT2D eigenvalue weighted by atomic mass is 19.1. The van der Waals surface area contributed by atoms with Crippen molar-refractivity contribution < 1.29 is 9.13 Å². The Morgan fingerprint density at radius 2 is 2.14 bits per heavy atom. The number of nitrogens with zero attached hydrogens (tertiary/aromatic N) is 1. The van der Waals surface area contributed by atoms with E-state index in [9.17, 15) is 4.39 Å². The fourth-order valence-corrected chi connectivity index (χ4v) is 2.39. The van der Waals surface area contributed by atoms with Crippen LogP contribution in [0.4, 0.5) is 4.39 Å². The summed E-state index contributed by atoms with van der Waals surface area (Å²) in [6.07, 6.45) is 8.55. The number of rotatable bonds is 9. The zero-order valence-electron chi connectivity index (χ0n) is 13.4. The predicted octanol–water partition coefficient (Wildman–Crippen LogP) is 3.06. The molecule has 0 spiro atoms. The van der Waals surface area contributed by atoms with Gasteiger partial charge in [0.05, 0.1) is 0 Å². The third-order valence-corrected chi connectivity index (χ3v) is 3.87. The molecule has 1 aliphatic heterocycles. The summed E-state index contributed by atoms with van der Waals surface area (Å²) in [5.41, 5.74) is -1.06. The highest BCUT2D eigenvalue weighted by Crippen LogP contribution is 2.25. The number of ether oxygens (including phenoxy) is 1. The molecule has 0 aromatic heterocycles. The highest BCUT2D eigenvalue weighted by molar-refractivity contribution is 5.15. The van der Waals surface area contributed by atoms with Crippen LogP contribution in [0.25, 0.3) is 0 Å². The van der Waals surface area contributed by atoms with E-state index in [0.717, 1.165) is 25.4 Å². The third kappa shape index (κ3) is 6.91. The summed E-state index contributed by atoms with van der Waals surface area (Å²) < 4.78 is 20.1. The van der Waals surface area contributed by atoms with Gasteiger partial charge in [0, 0.05) is 26.2 Å². The van der Waals surface area contributed by atoms with E-state index in [-0.39, 0.29) is 0 Å². The molecule has 1 N–H and O–H groups in total. The smallest absolute Gasteiger partial charge is 0.125 e. The monoisotopic (exact) mass is 296 g/mol. The van der Waals surface area contributed by atoms with Crippen LogP contribution in [0.1, 0.15) is 26.7 Å². The number of alkyl halides is 1. The van der Waals surface area contributed by atoms with Crippen LogP contribution in [-0.4, -0.2) is 49.9 Å². The number of hydrogen-bond donors (Lipinski definition) is 1. The van der Waals surface area contributed by atoms with E-state index < -0.39 is 5.67 Å². The second-order valence-electron chi connectivity index (χ2n) is 5.40. The first-order valence-electron chi connectivity index (χ1n) is 7.83. The molecule has 1 rings (SSSR count). The summed E-state index contributed by atoms with van der Waals surface area (Å²) in [7, 11) is 0. The molecular weight excluding hydrogens is 267 g/mol. The van der Waals surface area contributed by atoms with Crippen molar-refractivity contribution in [1.29, 1.82) is 0 Å². The quantitative estimate of drug-likeness (QED) is 0.402. The summed E-state index contributed by atoms with van der Waals surface area (Å²) in [5, 5.41) is 3.17. The molecule has 4 heteroatoms. The molecule has 1 heterocycles. The Balaban J connectivity index is 2.16. The molecule has 1 saturated heterocycles. The van der Waals surface area contributed by atoms with Gasteiger partial charge < -0.3 is 15.0 Å². The highest BCUT2D eigenvalue weighted by Gasteiger charge is 2.33. The van der Waals surface area contributed by atoms with Gasteiger partial charge in [0.2, 0.25) is 0 Å². The van der Waals surface area contributed by atoms with E-state index in [1.807, 2.05) is 25.2 Å². The Kier molecular flexibility index (Phi) is 8.31. The molecule has 0 aromatic carbocycles. The van der Waals surface area contributed by atoms with Crippen molar-refractivity contribution in [3.05, 3.63) is 36.6 Å². The largest absolute Gasteiger partial charge is 0.493 e. The van der Waals surface area contributed by atoms with Crippen LogP contribution >= 0.6 is 0 Å². The molecule has 0 saturated carbocycles. The molecule has 120 valence electrons. The zero-order chi connectivity index (χ0) is 15.6. The molecule has 0 aromatic rings. The first-order valence-corrected chi connectivity index (χ1v) is 7.83. The molecule has 21 heavy (non-hydrogen) atoms. The molecule has 0 atom stereocenters. The van der Waals surface area contributed by atoms with Crippen LogP contribution in [-0.2, 0) is 4.74 Å². The maximum atomic E-state index is 14.5. The van der Waals surface area contributed by atoms with Gasteiger partial charge in [-0.3, -0.25) is 0 Å². The summed E-state index contributed by atoms with van der Waals surface area (Å²) in [4.78, 5) is 2.30. The standard InChI is InChI=1S/C17H29FN2O/c1-4-7-8-16(5-2)21-14-11-19-15-17(18)9-12-20(6-3)13-10-17/h4-5,7-8,19H,1,6,9-15H2,2-3H3/b8-7-,16-5+. The number of piperidine rings is 1. The number of allylic oxidation sites excluding steroid dienone is 4. The lowest BCUT2D eigenvalue weighted by Gasteiger charge is -2.36. The van der Waals surface area contributed by atoms with Crippen molar-refractivity contribution in [2.24, 2.45) is 0 Å². The van der Waals surface area contributed by atoms with Gasteiger partial charge in [-0.15, -0.1) is 0 Å². The second-order valence-corrected chi connectivity index (χ2v) is 5.40. The second kappa shape index (κ2) is 9.74. The number of nitrogens with one attached hydrogen (secondary N) is 1. The van der Waals surface area contributed by atoms with Gasteiger partial charge in [0.1, 0.15) is 18.0 Å². The van der Waals surface area contributed by atoms with Crippen molar-refractivity contribution in [3.8, 4) is 0 Å². The molecular formula is C17H29FN2O. The summed E-state index contributed by atoms with van der Waals surface area (Å²) in [5.74, 6) is 0.808. The Morgan fingerprint density at radius 1 is 1.43 bits per heavy atom. The minimum atomic E-state index is -1.06. The van der Waals surface area contributed by atoms with Crippen LogP contribution in [0.5, 0.6) is 0 Å². The summed E-state index contributed by atoms with van der Waals surface area (Å²) in [6, 6.07) is 0. The maximum absolute atomic E-state index is 14.5. The van der Waals surface area contributed by atoms with Crippen molar-refractivity contribution >= 4 is 0 Å². The van der Waals surface area contributed by atoms with Gasteiger partial charge in [0.15, 0.2) is 0 Å². The van der Waals surface area contributed by atoms with Crippen LogP contribution in [0.15, 0.2) is 36.6 Å². The van der Waals surface area contributed by atoms with Gasteiger partial charge in [-0.1, -0.05) is 25.7 Å². The van der Waals surface area contributed by atoms with Gasteiger partial charge in [0.25, 0.3) is 0 Å². The van der Waals surface area contributed by atoms with E-state index in [1.54, 1.807) is 6.08 Å². The number of halogens is 1. The van der Waals surface area contributed by atoms with Crippen molar-refractivity contribution in [3.63, 3.8) is 0 Å². The van der Waals surface area contributed by atoms with E-state index >= 15 is 0 Å². The fourth-order valence-electron chi connectivity index (χ4n) is 2.39. The minimum Gasteiger partial charge on any atom is -0.493 e. The van der Waals surface area contributed by atoms with Crippen LogP contribution in [0.2, 0.25) is 0 Å². The maximum Gasteiger partial charge on any atom is 0.125 e. The van der Waals surface area contributed by atoms with Crippen LogP contribution < -0.4 is 5.32 Å². The van der Waals surface area contributed by atoms with E-state index in [1.165, 1.54) is 0 Å². The lowest BCUT2D eigenvalue weighted by atomic mass is 9.93. The molecule has 0 bridgehead atoms. The van der Waals surface area contributed by atoms with E-state index in [4.69, 9.17) is 4.74 Å². The normalized spacial score (nSPS) is 19.9. The lowest BCUT2D eigenvalue weighted by Crippen LogP contribution is -2.47. The molecule has 0 radical (unpaired) electrons. The van der Waals surface area contributed by atoms with Crippen LogP contribution in [0.3, 0.4) is 0 Å². The molecule has 1 fully saturated rings. The lowest BCUT2D eigenvalue weighted by molar-refractivity contribution is 0.0592. The van der Waals surface area contributed by atoms with Crippen LogP contribution in [0, 0.1) is 0 Å². The van der Waals surface area contributed by atoms with Gasteiger partial charge in [-0.05, 0) is 38.5 Å². The average molecular weight is 296 g/mol. The number of likely N-dealkylation sites (tertiary alicyclic amines) is 1. The average Bonchev–Trinajstić information content (AvgIpc) is 2.51. The van der Waals surface area contributed by atoms with Gasteiger partial charge >= 0.3 is 0 Å². The first kappa shape index (κ1) is 17.9.